The highest BCUT2D eigenvalue weighted by Crippen LogP contribution is 2.29. The molecule has 1 aliphatic carbocycles. The fourth-order valence-corrected chi connectivity index (χ4v) is 2.67. The number of H-pyrrole nitrogens is 1. The molecule has 0 fully saturated rings. The third kappa shape index (κ3) is 1.70. The van der Waals surface area contributed by atoms with Crippen LogP contribution in [0.4, 0.5) is 0 Å². The number of aromatic amines is 1. The van der Waals surface area contributed by atoms with Crippen LogP contribution in [0.15, 0.2) is 0 Å². The Hall–Kier alpha value is -1.14. The average molecular weight is 218 g/mol. The van der Waals surface area contributed by atoms with Gasteiger partial charge in [0.25, 0.3) is 0 Å². The van der Waals surface area contributed by atoms with E-state index in [4.69, 9.17) is 17.5 Å². The summed E-state index contributed by atoms with van der Waals surface area (Å²) < 4.78 is 0.600. The number of fused-ring (bicyclic) bond motifs is 1. The maximum atomic E-state index is 9.11. The van der Waals surface area contributed by atoms with Crippen molar-refractivity contribution in [3.8, 4) is 6.07 Å². The summed E-state index contributed by atoms with van der Waals surface area (Å²) in [6.45, 7) is 4.28. The number of aromatic nitrogens is 1. The summed E-state index contributed by atoms with van der Waals surface area (Å²) in [5.74, 6) is 0.667. The standard InChI is InChI=1S/C12H14N2S/c1-7-3-4-9-8(2)14-12(15)11(6-13)10(9)5-7/h7H,3-5H2,1-2H3,(H,14,15)/t7-/m0/s1. The Morgan fingerprint density at radius 2 is 2.20 bits per heavy atom. The second kappa shape index (κ2) is 3.79. The summed E-state index contributed by atoms with van der Waals surface area (Å²) in [6.07, 6.45) is 3.28. The molecule has 1 atom stereocenters. The second-order valence-electron chi connectivity index (χ2n) is 4.37. The fourth-order valence-electron chi connectivity index (χ4n) is 2.35. The van der Waals surface area contributed by atoms with Crippen molar-refractivity contribution >= 4 is 12.2 Å². The quantitative estimate of drug-likeness (QED) is 0.680. The molecule has 0 saturated carbocycles. The number of rotatable bonds is 0. The minimum absolute atomic E-state index is 0.600. The smallest absolute Gasteiger partial charge is 0.121 e. The van der Waals surface area contributed by atoms with Crippen molar-refractivity contribution in [3.63, 3.8) is 0 Å². The fraction of sp³-hybridized carbons (Fsp3) is 0.500. The highest BCUT2D eigenvalue weighted by molar-refractivity contribution is 7.71. The molecule has 0 unspecified atom stereocenters. The van der Waals surface area contributed by atoms with Crippen molar-refractivity contribution in [1.82, 2.24) is 4.98 Å². The van der Waals surface area contributed by atoms with Gasteiger partial charge in [0.2, 0.25) is 0 Å². The molecule has 1 aromatic rings. The molecule has 1 aliphatic rings. The van der Waals surface area contributed by atoms with E-state index in [1.165, 1.54) is 17.5 Å². The van der Waals surface area contributed by atoms with E-state index in [1.54, 1.807) is 0 Å². The molecule has 15 heavy (non-hydrogen) atoms. The predicted molar refractivity (Wildman–Crippen MR) is 62.3 cm³/mol. The third-order valence-electron chi connectivity index (χ3n) is 3.20. The number of pyridine rings is 1. The Morgan fingerprint density at radius 1 is 1.47 bits per heavy atom. The van der Waals surface area contributed by atoms with E-state index in [-0.39, 0.29) is 0 Å². The predicted octanol–water partition coefficient (Wildman–Crippen LogP) is 3.05. The Balaban J connectivity index is 2.70. The van der Waals surface area contributed by atoms with Crippen LogP contribution in [0.3, 0.4) is 0 Å². The van der Waals surface area contributed by atoms with Crippen LogP contribution < -0.4 is 0 Å². The lowest BCUT2D eigenvalue weighted by atomic mass is 9.83. The molecular formula is C12H14N2S. The van der Waals surface area contributed by atoms with Gasteiger partial charge in [0.1, 0.15) is 10.7 Å². The van der Waals surface area contributed by atoms with Crippen molar-refractivity contribution < 1.29 is 0 Å². The lowest BCUT2D eigenvalue weighted by molar-refractivity contribution is 0.497. The van der Waals surface area contributed by atoms with Gasteiger partial charge in [0.05, 0.1) is 5.56 Å². The van der Waals surface area contributed by atoms with Crippen LogP contribution in [0.2, 0.25) is 0 Å². The van der Waals surface area contributed by atoms with E-state index < -0.39 is 0 Å². The molecule has 1 heterocycles. The van der Waals surface area contributed by atoms with Crippen LogP contribution in [0.5, 0.6) is 0 Å². The molecule has 3 heteroatoms. The first-order chi connectivity index (χ1) is 7.13. The van der Waals surface area contributed by atoms with Crippen molar-refractivity contribution in [3.05, 3.63) is 27.0 Å². The first-order valence-corrected chi connectivity index (χ1v) is 5.69. The molecule has 1 N–H and O–H groups in total. The normalized spacial score (nSPS) is 19.4. The van der Waals surface area contributed by atoms with Crippen LogP contribution in [0.1, 0.15) is 35.7 Å². The second-order valence-corrected chi connectivity index (χ2v) is 4.78. The molecule has 0 bridgehead atoms. The first-order valence-electron chi connectivity index (χ1n) is 5.28. The molecule has 2 nitrogen and oxygen atoms in total. The summed E-state index contributed by atoms with van der Waals surface area (Å²) in [6, 6.07) is 2.24. The van der Waals surface area contributed by atoms with Crippen LogP contribution in [0, 0.1) is 28.8 Å². The minimum atomic E-state index is 0.600. The Morgan fingerprint density at radius 3 is 2.87 bits per heavy atom. The molecule has 0 saturated heterocycles. The Labute approximate surface area is 95.0 Å². The largest absolute Gasteiger partial charge is 0.349 e. The summed E-state index contributed by atoms with van der Waals surface area (Å²) >= 11 is 5.18. The minimum Gasteiger partial charge on any atom is -0.349 e. The summed E-state index contributed by atoms with van der Waals surface area (Å²) in [7, 11) is 0. The molecule has 0 spiro atoms. The molecule has 0 amide bonds. The number of hydrogen-bond donors (Lipinski definition) is 1. The van der Waals surface area contributed by atoms with E-state index in [1.807, 2.05) is 6.92 Å². The summed E-state index contributed by atoms with van der Waals surface area (Å²) in [5.41, 5.74) is 4.34. The van der Waals surface area contributed by atoms with E-state index in [2.05, 4.69) is 18.0 Å². The van der Waals surface area contributed by atoms with Crippen LogP contribution in [-0.4, -0.2) is 4.98 Å². The summed E-state index contributed by atoms with van der Waals surface area (Å²) in [5, 5.41) is 9.11. The molecule has 0 aromatic carbocycles. The number of nitrogens with one attached hydrogen (secondary N) is 1. The highest BCUT2D eigenvalue weighted by atomic mass is 32.1. The zero-order valence-corrected chi connectivity index (χ0v) is 9.87. The lowest BCUT2D eigenvalue weighted by Crippen LogP contribution is -2.15. The van der Waals surface area contributed by atoms with Crippen LogP contribution in [-0.2, 0) is 12.8 Å². The van der Waals surface area contributed by atoms with Crippen molar-refractivity contribution in [2.45, 2.75) is 33.1 Å². The van der Waals surface area contributed by atoms with Gasteiger partial charge >= 0.3 is 0 Å². The first kappa shape index (κ1) is 10.4. The van der Waals surface area contributed by atoms with Gasteiger partial charge in [-0.2, -0.15) is 5.26 Å². The number of nitriles is 1. The topological polar surface area (TPSA) is 39.6 Å². The summed E-state index contributed by atoms with van der Waals surface area (Å²) in [4.78, 5) is 3.12. The molecule has 2 rings (SSSR count). The van der Waals surface area contributed by atoms with E-state index in [0.29, 0.717) is 16.1 Å². The zero-order valence-electron chi connectivity index (χ0n) is 9.05. The Kier molecular flexibility index (Phi) is 2.62. The van der Waals surface area contributed by atoms with E-state index in [0.717, 1.165) is 18.5 Å². The SMILES string of the molecule is Cc1[nH]c(=S)c(C#N)c2c1CC[C@H](C)C2. The van der Waals surface area contributed by atoms with Gasteiger partial charge in [-0.1, -0.05) is 19.1 Å². The van der Waals surface area contributed by atoms with E-state index >= 15 is 0 Å². The third-order valence-corrected chi connectivity index (χ3v) is 3.50. The molecule has 1 aromatic heterocycles. The number of nitrogens with zero attached hydrogens (tertiary/aromatic N) is 1. The lowest BCUT2D eigenvalue weighted by Gasteiger charge is -2.23. The maximum Gasteiger partial charge on any atom is 0.121 e. The van der Waals surface area contributed by atoms with Crippen molar-refractivity contribution in [2.24, 2.45) is 5.92 Å². The maximum absolute atomic E-state index is 9.11. The monoisotopic (exact) mass is 218 g/mol. The van der Waals surface area contributed by atoms with Crippen molar-refractivity contribution in [1.29, 1.82) is 5.26 Å². The van der Waals surface area contributed by atoms with Gasteiger partial charge in [-0.05, 0) is 43.2 Å². The van der Waals surface area contributed by atoms with Gasteiger partial charge < -0.3 is 4.98 Å². The Bertz CT molecular complexity index is 494. The molecule has 78 valence electrons. The van der Waals surface area contributed by atoms with Gasteiger partial charge in [-0.3, -0.25) is 0 Å². The van der Waals surface area contributed by atoms with Gasteiger partial charge in [0, 0.05) is 5.69 Å². The van der Waals surface area contributed by atoms with Gasteiger partial charge in [0.15, 0.2) is 0 Å². The zero-order chi connectivity index (χ0) is 11.0. The number of aryl methyl sites for hydroxylation is 1. The highest BCUT2D eigenvalue weighted by Gasteiger charge is 2.20. The molecular weight excluding hydrogens is 204 g/mol. The molecule has 0 aliphatic heterocycles. The van der Waals surface area contributed by atoms with Gasteiger partial charge in [-0.25, -0.2) is 0 Å². The molecule has 0 radical (unpaired) electrons. The van der Waals surface area contributed by atoms with Crippen molar-refractivity contribution in [2.75, 3.05) is 0 Å². The van der Waals surface area contributed by atoms with Crippen LogP contribution >= 0.6 is 12.2 Å². The average Bonchev–Trinajstić information content (AvgIpc) is 2.17. The number of hydrogen-bond acceptors (Lipinski definition) is 2. The van der Waals surface area contributed by atoms with Gasteiger partial charge in [-0.15, -0.1) is 0 Å². The van der Waals surface area contributed by atoms with Crippen LogP contribution in [0.25, 0.3) is 0 Å². The van der Waals surface area contributed by atoms with E-state index in [9.17, 15) is 0 Å².